The van der Waals surface area contributed by atoms with E-state index in [-0.39, 0.29) is 16.7 Å². The first-order valence-electron chi connectivity index (χ1n) is 5.71. The van der Waals surface area contributed by atoms with Crippen LogP contribution in [0.1, 0.15) is 15.9 Å². The van der Waals surface area contributed by atoms with Crippen LogP contribution in [0.2, 0.25) is 5.02 Å². The molecule has 0 bridgehead atoms. The monoisotopic (exact) mass is 276 g/mol. The number of halogens is 1. The van der Waals surface area contributed by atoms with Crippen molar-refractivity contribution in [2.45, 2.75) is 6.54 Å². The Kier molecular flexibility index (Phi) is 4.02. The van der Waals surface area contributed by atoms with Gasteiger partial charge in [-0.1, -0.05) is 17.7 Å². The zero-order valence-corrected chi connectivity index (χ0v) is 11.1. The number of pyridine rings is 1. The van der Waals surface area contributed by atoms with Crippen LogP contribution in [0.4, 0.5) is 0 Å². The van der Waals surface area contributed by atoms with Crippen LogP contribution in [0.3, 0.4) is 0 Å². The van der Waals surface area contributed by atoms with Gasteiger partial charge in [0.1, 0.15) is 5.75 Å². The Morgan fingerprint density at radius 1 is 1.42 bits per heavy atom. The van der Waals surface area contributed by atoms with Crippen molar-refractivity contribution >= 4 is 17.5 Å². The van der Waals surface area contributed by atoms with Crippen molar-refractivity contribution in [2.24, 2.45) is 0 Å². The van der Waals surface area contributed by atoms with Gasteiger partial charge >= 0.3 is 0 Å². The fourth-order valence-electron chi connectivity index (χ4n) is 1.70. The maximum Gasteiger partial charge on any atom is 0.253 e. The second-order valence-electron chi connectivity index (χ2n) is 4.19. The van der Waals surface area contributed by atoms with Gasteiger partial charge in [0.15, 0.2) is 0 Å². The zero-order valence-electron chi connectivity index (χ0n) is 10.4. The quantitative estimate of drug-likeness (QED) is 0.938. The number of phenolic OH excluding ortho intramolecular Hbond substituents is 1. The molecule has 2 aromatic rings. The largest absolute Gasteiger partial charge is 0.506 e. The van der Waals surface area contributed by atoms with E-state index in [1.54, 1.807) is 30.4 Å². The molecule has 1 aromatic heterocycles. The van der Waals surface area contributed by atoms with Crippen LogP contribution in [-0.2, 0) is 6.54 Å². The molecule has 0 unspecified atom stereocenters. The van der Waals surface area contributed by atoms with Gasteiger partial charge in [0, 0.05) is 31.5 Å². The van der Waals surface area contributed by atoms with E-state index in [9.17, 15) is 9.90 Å². The molecule has 0 aliphatic rings. The molecule has 98 valence electrons. The number of aromatic hydroxyl groups is 1. The lowest BCUT2D eigenvalue weighted by atomic mass is 10.2. The predicted molar refractivity (Wildman–Crippen MR) is 73.2 cm³/mol. The maximum atomic E-state index is 12.2. The maximum absolute atomic E-state index is 12.2. The van der Waals surface area contributed by atoms with E-state index in [1.807, 2.05) is 12.1 Å². The Bertz CT molecular complexity index is 587. The number of carbonyl (C=O) groups is 1. The minimum absolute atomic E-state index is 0.0341. The molecule has 2 rings (SSSR count). The Morgan fingerprint density at radius 3 is 2.84 bits per heavy atom. The summed E-state index contributed by atoms with van der Waals surface area (Å²) in [6, 6.07) is 8.14. The lowest BCUT2D eigenvalue weighted by Gasteiger charge is -2.17. The van der Waals surface area contributed by atoms with Crippen LogP contribution in [0.15, 0.2) is 42.7 Å². The number of aromatic nitrogens is 1. The third kappa shape index (κ3) is 3.23. The molecule has 19 heavy (non-hydrogen) atoms. The van der Waals surface area contributed by atoms with Crippen LogP contribution < -0.4 is 0 Å². The zero-order chi connectivity index (χ0) is 13.8. The predicted octanol–water partition coefficient (Wildman–Crippen LogP) is 2.71. The Balaban J connectivity index is 2.12. The summed E-state index contributed by atoms with van der Waals surface area (Å²) in [4.78, 5) is 17.8. The SMILES string of the molecule is CN(Cc1cccnc1)C(=O)c1ccc(O)c(Cl)c1. The molecule has 0 fully saturated rings. The molecule has 0 aliphatic carbocycles. The van der Waals surface area contributed by atoms with Gasteiger partial charge < -0.3 is 10.0 Å². The van der Waals surface area contributed by atoms with Crippen molar-refractivity contribution in [1.29, 1.82) is 0 Å². The molecule has 0 atom stereocenters. The molecule has 5 heteroatoms. The first-order chi connectivity index (χ1) is 9.08. The molecule has 0 radical (unpaired) electrons. The smallest absolute Gasteiger partial charge is 0.253 e. The number of hydrogen-bond donors (Lipinski definition) is 1. The minimum atomic E-state index is -0.161. The number of carbonyl (C=O) groups excluding carboxylic acids is 1. The van der Waals surface area contributed by atoms with Crippen molar-refractivity contribution in [3.8, 4) is 5.75 Å². The van der Waals surface area contributed by atoms with Gasteiger partial charge in [0.05, 0.1) is 5.02 Å². The van der Waals surface area contributed by atoms with Crippen molar-refractivity contribution in [3.05, 3.63) is 58.9 Å². The van der Waals surface area contributed by atoms with Crippen LogP contribution in [-0.4, -0.2) is 27.9 Å². The lowest BCUT2D eigenvalue weighted by Crippen LogP contribution is -2.26. The second kappa shape index (κ2) is 5.71. The average molecular weight is 277 g/mol. The van der Waals surface area contributed by atoms with Crippen LogP contribution >= 0.6 is 11.6 Å². The van der Waals surface area contributed by atoms with E-state index >= 15 is 0 Å². The molecule has 0 saturated carbocycles. The highest BCUT2D eigenvalue weighted by Crippen LogP contribution is 2.24. The number of phenols is 1. The molecule has 0 saturated heterocycles. The highest BCUT2D eigenvalue weighted by molar-refractivity contribution is 6.32. The number of amides is 1. The molecule has 1 heterocycles. The Hall–Kier alpha value is -2.07. The Labute approximate surface area is 116 Å². The summed E-state index contributed by atoms with van der Waals surface area (Å²) in [6.45, 7) is 0.463. The van der Waals surface area contributed by atoms with Gasteiger partial charge in [-0.25, -0.2) is 0 Å². The summed E-state index contributed by atoms with van der Waals surface area (Å²) in [5.74, 6) is -0.195. The Morgan fingerprint density at radius 2 is 2.21 bits per heavy atom. The molecule has 1 aromatic carbocycles. The first-order valence-corrected chi connectivity index (χ1v) is 6.08. The van der Waals surface area contributed by atoms with Crippen LogP contribution in [0, 0.1) is 0 Å². The fourth-order valence-corrected chi connectivity index (χ4v) is 1.88. The van der Waals surface area contributed by atoms with Crippen molar-refractivity contribution in [1.82, 2.24) is 9.88 Å². The standard InChI is InChI=1S/C14H13ClN2O2/c1-17(9-10-3-2-6-16-8-10)14(19)11-4-5-13(18)12(15)7-11/h2-8,18H,9H2,1H3. The second-order valence-corrected chi connectivity index (χ2v) is 4.60. The first kappa shape index (κ1) is 13.4. The highest BCUT2D eigenvalue weighted by atomic mass is 35.5. The number of rotatable bonds is 3. The molecule has 4 nitrogen and oxygen atoms in total. The normalized spacial score (nSPS) is 10.2. The molecule has 0 spiro atoms. The third-order valence-electron chi connectivity index (χ3n) is 2.68. The minimum Gasteiger partial charge on any atom is -0.506 e. The molecular weight excluding hydrogens is 264 g/mol. The molecule has 1 amide bonds. The van der Waals surface area contributed by atoms with E-state index in [4.69, 9.17) is 11.6 Å². The number of hydrogen-bond acceptors (Lipinski definition) is 3. The van der Waals surface area contributed by atoms with E-state index in [2.05, 4.69) is 4.98 Å². The number of nitrogens with zero attached hydrogens (tertiary/aromatic N) is 2. The van der Waals surface area contributed by atoms with Crippen molar-refractivity contribution in [2.75, 3.05) is 7.05 Å². The summed E-state index contributed by atoms with van der Waals surface area (Å²) in [6.07, 6.45) is 3.40. The van der Waals surface area contributed by atoms with Gasteiger partial charge in [0.2, 0.25) is 0 Å². The van der Waals surface area contributed by atoms with Gasteiger partial charge in [-0.05, 0) is 29.8 Å². The van der Waals surface area contributed by atoms with Crippen LogP contribution in [0.25, 0.3) is 0 Å². The van der Waals surface area contributed by atoms with Gasteiger partial charge in [-0.15, -0.1) is 0 Å². The van der Waals surface area contributed by atoms with E-state index < -0.39 is 0 Å². The third-order valence-corrected chi connectivity index (χ3v) is 2.99. The summed E-state index contributed by atoms with van der Waals surface area (Å²) in [5.41, 5.74) is 1.39. The van der Waals surface area contributed by atoms with Gasteiger partial charge in [0.25, 0.3) is 5.91 Å². The summed E-state index contributed by atoms with van der Waals surface area (Å²) >= 11 is 5.79. The van der Waals surface area contributed by atoms with E-state index in [0.717, 1.165) is 5.56 Å². The van der Waals surface area contributed by atoms with Crippen molar-refractivity contribution in [3.63, 3.8) is 0 Å². The summed E-state index contributed by atoms with van der Waals surface area (Å²) in [5, 5.41) is 9.50. The topological polar surface area (TPSA) is 53.4 Å². The number of benzene rings is 1. The van der Waals surface area contributed by atoms with Gasteiger partial charge in [-0.2, -0.15) is 0 Å². The summed E-state index contributed by atoms with van der Waals surface area (Å²) in [7, 11) is 1.70. The van der Waals surface area contributed by atoms with E-state index in [1.165, 1.54) is 12.1 Å². The fraction of sp³-hybridized carbons (Fsp3) is 0.143. The van der Waals surface area contributed by atoms with Gasteiger partial charge in [-0.3, -0.25) is 9.78 Å². The highest BCUT2D eigenvalue weighted by Gasteiger charge is 2.13. The van der Waals surface area contributed by atoms with E-state index in [0.29, 0.717) is 12.1 Å². The molecule has 0 aliphatic heterocycles. The average Bonchev–Trinajstić information content (AvgIpc) is 2.42. The molecule has 1 N–H and O–H groups in total. The molecular formula is C14H13ClN2O2. The lowest BCUT2D eigenvalue weighted by molar-refractivity contribution is 0.0785. The van der Waals surface area contributed by atoms with Crippen molar-refractivity contribution < 1.29 is 9.90 Å². The van der Waals surface area contributed by atoms with Crippen LogP contribution in [0.5, 0.6) is 5.75 Å². The summed E-state index contributed by atoms with van der Waals surface area (Å²) < 4.78 is 0.